The molecule has 1 aromatic carbocycles. The van der Waals surface area contributed by atoms with Crippen LogP contribution in [0.4, 0.5) is 5.69 Å². The molecule has 19 heavy (non-hydrogen) atoms. The number of anilines is 1. The quantitative estimate of drug-likeness (QED) is 0.883. The first-order valence-corrected chi connectivity index (χ1v) is 6.95. The first kappa shape index (κ1) is 12.2. The maximum atomic E-state index is 4.45. The molecule has 0 bridgehead atoms. The van der Waals surface area contributed by atoms with Crippen LogP contribution in [0.15, 0.2) is 30.3 Å². The minimum absolute atomic E-state index is 0.690. The van der Waals surface area contributed by atoms with Crippen LogP contribution < -0.4 is 5.32 Å². The molecule has 98 valence electrons. The summed E-state index contributed by atoms with van der Waals surface area (Å²) >= 11 is 0. The van der Waals surface area contributed by atoms with Crippen LogP contribution in [-0.2, 0) is 0 Å². The van der Waals surface area contributed by atoms with Gasteiger partial charge in [0.1, 0.15) is 0 Å². The highest BCUT2D eigenvalue weighted by Gasteiger charge is 2.21. The van der Waals surface area contributed by atoms with Gasteiger partial charge in [0, 0.05) is 23.1 Å². The highest BCUT2D eigenvalue weighted by atomic mass is 15.0. The van der Waals surface area contributed by atoms with Crippen molar-refractivity contribution < 1.29 is 0 Å². The zero-order valence-electron chi connectivity index (χ0n) is 11.8. The normalized spacial score (nSPS) is 14.5. The molecule has 2 heteroatoms. The van der Waals surface area contributed by atoms with Crippen molar-refractivity contribution in [1.29, 1.82) is 0 Å². The standard InChI is InChI=1S/C17H20N2/c1-11-9-14(10-12(2)18-11)16-5-4-6-17(13(16)3)19-15-7-8-15/h4-6,9-10,15,19H,7-8H2,1-3H3. The summed E-state index contributed by atoms with van der Waals surface area (Å²) in [6.07, 6.45) is 2.61. The van der Waals surface area contributed by atoms with E-state index in [2.05, 4.69) is 61.4 Å². The van der Waals surface area contributed by atoms with E-state index in [1.165, 1.54) is 35.2 Å². The molecule has 0 atom stereocenters. The average Bonchev–Trinajstić information content (AvgIpc) is 3.14. The summed E-state index contributed by atoms with van der Waals surface area (Å²) in [5.74, 6) is 0. The van der Waals surface area contributed by atoms with Crippen LogP contribution in [0, 0.1) is 20.8 Å². The number of benzene rings is 1. The fourth-order valence-electron chi connectivity index (χ4n) is 2.54. The van der Waals surface area contributed by atoms with Crippen molar-refractivity contribution in [2.75, 3.05) is 5.32 Å². The smallest absolute Gasteiger partial charge is 0.0382 e. The molecule has 1 saturated carbocycles. The molecule has 1 heterocycles. The van der Waals surface area contributed by atoms with Crippen molar-refractivity contribution in [2.45, 2.75) is 39.7 Å². The molecule has 0 saturated heterocycles. The van der Waals surface area contributed by atoms with Crippen LogP contribution in [-0.4, -0.2) is 11.0 Å². The number of pyridine rings is 1. The van der Waals surface area contributed by atoms with Crippen LogP contribution in [0.5, 0.6) is 0 Å². The van der Waals surface area contributed by atoms with Crippen molar-refractivity contribution in [3.05, 3.63) is 47.3 Å². The Bertz CT molecular complexity index is 592. The van der Waals surface area contributed by atoms with E-state index < -0.39 is 0 Å². The maximum absolute atomic E-state index is 4.45. The van der Waals surface area contributed by atoms with E-state index in [0.29, 0.717) is 6.04 Å². The van der Waals surface area contributed by atoms with Gasteiger partial charge in [-0.1, -0.05) is 12.1 Å². The van der Waals surface area contributed by atoms with Gasteiger partial charge in [-0.2, -0.15) is 0 Å². The average molecular weight is 252 g/mol. The molecular weight excluding hydrogens is 232 g/mol. The fraction of sp³-hybridized carbons (Fsp3) is 0.353. The Balaban J connectivity index is 2.03. The summed E-state index contributed by atoms with van der Waals surface area (Å²) in [7, 11) is 0. The molecule has 2 aromatic rings. The largest absolute Gasteiger partial charge is 0.382 e. The molecule has 0 aliphatic heterocycles. The second-order valence-corrected chi connectivity index (χ2v) is 5.54. The Morgan fingerprint density at radius 3 is 2.37 bits per heavy atom. The van der Waals surface area contributed by atoms with E-state index in [1.807, 2.05) is 0 Å². The lowest BCUT2D eigenvalue weighted by Crippen LogP contribution is -2.03. The minimum atomic E-state index is 0.690. The molecule has 1 aromatic heterocycles. The van der Waals surface area contributed by atoms with Gasteiger partial charge in [0.25, 0.3) is 0 Å². The summed E-state index contributed by atoms with van der Waals surface area (Å²) in [5.41, 5.74) is 7.33. The van der Waals surface area contributed by atoms with Gasteiger partial charge in [0.2, 0.25) is 0 Å². The van der Waals surface area contributed by atoms with Crippen LogP contribution in [0.3, 0.4) is 0 Å². The van der Waals surface area contributed by atoms with Gasteiger partial charge in [-0.25, -0.2) is 0 Å². The van der Waals surface area contributed by atoms with E-state index >= 15 is 0 Å². The number of aryl methyl sites for hydroxylation is 2. The minimum Gasteiger partial charge on any atom is -0.382 e. The predicted octanol–water partition coefficient (Wildman–Crippen LogP) is 4.25. The molecular formula is C17H20N2. The molecule has 0 unspecified atom stereocenters. The van der Waals surface area contributed by atoms with Gasteiger partial charge in [-0.15, -0.1) is 0 Å². The number of nitrogens with zero attached hydrogens (tertiary/aromatic N) is 1. The van der Waals surface area contributed by atoms with E-state index in [1.54, 1.807) is 0 Å². The summed E-state index contributed by atoms with van der Waals surface area (Å²) in [4.78, 5) is 4.45. The van der Waals surface area contributed by atoms with Crippen molar-refractivity contribution in [2.24, 2.45) is 0 Å². The first-order valence-electron chi connectivity index (χ1n) is 6.95. The van der Waals surface area contributed by atoms with Gasteiger partial charge in [0.15, 0.2) is 0 Å². The third-order valence-electron chi connectivity index (χ3n) is 3.66. The Labute approximate surface area is 114 Å². The van der Waals surface area contributed by atoms with Crippen LogP contribution in [0.2, 0.25) is 0 Å². The fourth-order valence-corrected chi connectivity index (χ4v) is 2.54. The van der Waals surface area contributed by atoms with Gasteiger partial charge in [-0.05, 0) is 68.5 Å². The number of nitrogens with one attached hydrogen (secondary N) is 1. The summed E-state index contributed by atoms with van der Waals surface area (Å²) in [6, 6.07) is 11.5. The zero-order chi connectivity index (χ0) is 13.4. The van der Waals surface area contributed by atoms with E-state index in [4.69, 9.17) is 0 Å². The van der Waals surface area contributed by atoms with Gasteiger partial charge >= 0.3 is 0 Å². The molecule has 1 N–H and O–H groups in total. The lowest BCUT2D eigenvalue weighted by molar-refractivity contribution is 1.12. The molecule has 0 radical (unpaired) electrons. The highest BCUT2D eigenvalue weighted by molar-refractivity contribution is 5.74. The Hall–Kier alpha value is -1.83. The summed E-state index contributed by atoms with van der Waals surface area (Å²) < 4.78 is 0. The predicted molar refractivity (Wildman–Crippen MR) is 80.5 cm³/mol. The molecule has 1 fully saturated rings. The molecule has 0 spiro atoms. The topological polar surface area (TPSA) is 24.9 Å². The zero-order valence-corrected chi connectivity index (χ0v) is 11.8. The highest BCUT2D eigenvalue weighted by Crippen LogP contribution is 2.32. The van der Waals surface area contributed by atoms with E-state index in [-0.39, 0.29) is 0 Å². The second kappa shape index (κ2) is 4.69. The first-order chi connectivity index (χ1) is 9.13. The van der Waals surface area contributed by atoms with Crippen molar-refractivity contribution in [1.82, 2.24) is 4.98 Å². The molecule has 1 aliphatic carbocycles. The van der Waals surface area contributed by atoms with Gasteiger partial charge < -0.3 is 5.32 Å². The molecule has 2 nitrogen and oxygen atoms in total. The number of hydrogen-bond donors (Lipinski definition) is 1. The lowest BCUT2D eigenvalue weighted by Gasteiger charge is -2.14. The van der Waals surface area contributed by atoms with Crippen LogP contribution >= 0.6 is 0 Å². The number of rotatable bonds is 3. The number of hydrogen-bond acceptors (Lipinski definition) is 2. The van der Waals surface area contributed by atoms with E-state index in [9.17, 15) is 0 Å². The second-order valence-electron chi connectivity index (χ2n) is 5.54. The third kappa shape index (κ3) is 2.62. The summed E-state index contributed by atoms with van der Waals surface area (Å²) in [6.45, 7) is 6.31. The van der Waals surface area contributed by atoms with Crippen molar-refractivity contribution >= 4 is 5.69 Å². The van der Waals surface area contributed by atoms with Crippen molar-refractivity contribution in [3.8, 4) is 11.1 Å². The van der Waals surface area contributed by atoms with Crippen molar-refractivity contribution in [3.63, 3.8) is 0 Å². The van der Waals surface area contributed by atoms with Crippen LogP contribution in [0.1, 0.15) is 29.8 Å². The Kier molecular flexibility index (Phi) is 3.02. The lowest BCUT2D eigenvalue weighted by atomic mass is 9.98. The number of aromatic nitrogens is 1. The Morgan fingerprint density at radius 2 is 1.74 bits per heavy atom. The third-order valence-corrected chi connectivity index (χ3v) is 3.66. The molecule has 1 aliphatic rings. The van der Waals surface area contributed by atoms with Gasteiger partial charge in [-0.3, -0.25) is 4.98 Å². The SMILES string of the molecule is Cc1cc(-c2cccc(NC3CC3)c2C)cc(C)n1. The Morgan fingerprint density at radius 1 is 1.05 bits per heavy atom. The monoisotopic (exact) mass is 252 g/mol. The summed E-state index contributed by atoms with van der Waals surface area (Å²) in [5, 5.41) is 3.61. The molecule has 0 amide bonds. The van der Waals surface area contributed by atoms with Crippen LogP contribution in [0.25, 0.3) is 11.1 Å². The van der Waals surface area contributed by atoms with Gasteiger partial charge in [0.05, 0.1) is 0 Å². The maximum Gasteiger partial charge on any atom is 0.0382 e. The molecule has 3 rings (SSSR count). The van der Waals surface area contributed by atoms with E-state index in [0.717, 1.165) is 11.4 Å².